The summed E-state index contributed by atoms with van der Waals surface area (Å²) in [5.41, 5.74) is 0.0213. The Hall–Kier alpha value is -1.47. The van der Waals surface area contributed by atoms with Gasteiger partial charge in [0, 0.05) is 42.7 Å². The zero-order valence-electron chi connectivity index (χ0n) is 19.0. The molecular weight excluding hydrogens is 352 g/mol. The van der Waals surface area contributed by atoms with E-state index in [0.29, 0.717) is 6.04 Å². The Morgan fingerprint density at radius 3 is 2.11 bits per heavy atom. The van der Waals surface area contributed by atoms with Gasteiger partial charge in [0.05, 0.1) is 13.2 Å². The van der Waals surface area contributed by atoms with Crippen LogP contribution in [0.4, 0.5) is 11.9 Å². The van der Waals surface area contributed by atoms with E-state index in [2.05, 4.69) is 70.6 Å². The van der Waals surface area contributed by atoms with E-state index in [1.54, 1.807) is 0 Å². The summed E-state index contributed by atoms with van der Waals surface area (Å²) in [6.45, 7) is 18.7. The fourth-order valence-electron chi connectivity index (χ4n) is 4.46. The van der Waals surface area contributed by atoms with Crippen LogP contribution in [0.1, 0.15) is 67.1 Å². The van der Waals surface area contributed by atoms with Gasteiger partial charge in [-0.05, 0) is 40.5 Å². The van der Waals surface area contributed by atoms with Crippen LogP contribution in [0.5, 0.6) is 0 Å². The van der Waals surface area contributed by atoms with Crippen molar-refractivity contribution in [2.24, 2.45) is 0 Å². The molecule has 2 saturated heterocycles. The average Bonchev–Trinajstić information content (AvgIpc) is 2.58. The summed E-state index contributed by atoms with van der Waals surface area (Å²) in [6, 6.07) is 0.374. The van der Waals surface area contributed by atoms with Crippen molar-refractivity contribution in [2.45, 2.75) is 83.8 Å². The molecule has 0 saturated carbocycles. The van der Waals surface area contributed by atoms with E-state index in [-0.39, 0.29) is 16.5 Å². The Morgan fingerprint density at radius 1 is 1.00 bits per heavy atom. The molecule has 0 spiro atoms. The van der Waals surface area contributed by atoms with Crippen LogP contribution >= 0.6 is 0 Å². The van der Waals surface area contributed by atoms with Gasteiger partial charge in [0.1, 0.15) is 5.82 Å². The Balaban J connectivity index is 1.95. The summed E-state index contributed by atoms with van der Waals surface area (Å²) in [5.74, 6) is 2.40. The first kappa shape index (κ1) is 21.2. The van der Waals surface area contributed by atoms with Gasteiger partial charge < -0.3 is 19.9 Å². The molecular formula is C21H38N6O. The zero-order valence-corrected chi connectivity index (χ0v) is 19.0. The monoisotopic (exact) mass is 390 g/mol. The van der Waals surface area contributed by atoms with E-state index >= 15 is 0 Å². The number of piperidine rings is 1. The second kappa shape index (κ2) is 7.41. The highest BCUT2D eigenvalue weighted by molar-refractivity contribution is 5.41. The van der Waals surface area contributed by atoms with Crippen LogP contribution in [0, 0.1) is 0 Å². The molecule has 1 aromatic heterocycles. The lowest BCUT2D eigenvalue weighted by Crippen LogP contribution is -2.62. The van der Waals surface area contributed by atoms with Gasteiger partial charge in [-0.2, -0.15) is 15.0 Å². The van der Waals surface area contributed by atoms with Crippen molar-refractivity contribution >= 4 is 11.9 Å². The van der Waals surface area contributed by atoms with Crippen molar-refractivity contribution in [3.05, 3.63) is 5.82 Å². The number of aromatic nitrogens is 3. The maximum absolute atomic E-state index is 5.51. The smallest absolute Gasteiger partial charge is 0.230 e. The number of morpholine rings is 1. The number of nitrogens with one attached hydrogen (secondary N) is 1. The molecule has 2 aliphatic heterocycles. The van der Waals surface area contributed by atoms with Crippen LogP contribution in [0.25, 0.3) is 0 Å². The molecule has 3 heterocycles. The third-order valence-corrected chi connectivity index (χ3v) is 5.61. The number of ether oxygens (including phenoxy) is 1. The summed E-state index contributed by atoms with van der Waals surface area (Å²) < 4.78 is 5.51. The highest BCUT2D eigenvalue weighted by Gasteiger charge is 2.40. The minimum atomic E-state index is -0.133. The van der Waals surface area contributed by atoms with E-state index in [0.717, 1.165) is 56.9 Å². The van der Waals surface area contributed by atoms with E-state index in [1.165, 1.54) is 0 Å². The highest BCUT2D eigenvalue weighted by atomic mass is 16.5. The molecule has 2 aliphatic rings. The molecule has 0 aliphatic carbocycles. The number of hydrogen-bond acceptors (Lipinski definition) is 7. The van der Waals surface area contributed by atoms with E-state index in [4.69, 9.17) is 19.7 Å². The molecule has 0 amide bonds. The molecule has 0 atom stereocenters. The number of rotatable bonds is 3. The lowest BCUT2D eigenvalue weighted by atomic mass is 9.79. The summed E-state index contributed by atoms with van der Waals surface area (Å²) in [4.78, 5) is 19.1. The second-order valence-corrected chi connectivity index (χ2v) is 10.7. The summed E-state index contributed by atoms with van der Waals surface area (Å²) >= 11 is 0. The van der Waals surface area contributed by atoms with Crippen LogP contribution < -0.4 is 15.1 Å². The Kier molecular flexibility index (Phi) is 5.62. The van der Waals surface area contributed by atoms with Crippen LogP contribution in [-0.2, 0) is 10.2 Å². The maximum Gasteiger partial charge on any atom is 0.230 e. The van der Waals surface area contributed by atoms with Gasteiger partial charge in [-0.1, -0.05) is 20.8 Å². The molecule has 1 aromatic rings. The summed E-state index contributed by atoms with van der Waals surface area (Å²) in [6.07, 6.45) is 2.10. The molecule has 0 unspecified atom stereocenters. The molecule has 158 valence electrons. The fourth-order valence-corrected chi connectivity index (χ4v) is 4.46. The van der Waals surface area contributed by atoms with Crippen molar-refractivity contribution in [1.82, 2.24) is 20.3 Å². The number of hydrogen-bond donors (Lipinski definition) is 1. The quantitative estimate of drug-likeness (QED) is 0.851. The third kappa shape index (κ3) is 4.92. The fraction of sp³-hybridized carbons (Fsp3) is 0.857. The maximum atomic E-state index is 5.51. The predicted octanol–water partition coefficient (Wildman–Crippen LogP) is 2.75. The van der Waals surface area contributed by atoms with Gasteiger partial charge in [-0.25, -0.2) is 0 Å². The van der Waals surface area contributed by atoms with Gasteiger partial charge in [0.2, 0.25) is 11.9 Å². The zero-order chi connectivity index (χ0) is 20.7. The molecule has 0 bridgehead atoms. The first-order valence-electron chi connectivity index (χ1n) is 10.5. The molecule has 3 rings (SSSR count). The second-order valence-electron chi connectivity index (χ2n) is 10.7. The molecule has 1 N–H and O–H groups in total. The topological polar surface area (TPSA) is 66.4 Å². The van der Waals surface area contributed by atoms with E-state index < -0.39 is 0 Å². The molecule has 0 radical (unpaired) electrons. The largest absolute Gasteiger partial charge is 0.378 e. The van der Waals surface area contributed by atoms with Gasteiger partial charge in [-0.3, -0.25) is 0 Å². The Bertz CT molecular complexity index is 675. The van der Waals surface area contributed by atoms with Crippen molar-refractivity contribution in [3.63, 3.8) is 0 Å². The average molecular weight is 391 g/mol. The van der Waals surface area contributed by atoms with Crippen LogP contribution in [0.15, 0.2) is 0 Å². The first-order chi connectivity index (χ1) is 12.9. The Morgan fingerprint density at radius 2 is 1.57 bits per heavy atom. The molecule has 28 heavy (non-hydrogen) atoms. The van der Waals surface area contributed by atoms with Gasteiger partial charge in [0.25, 0.3) is 0 Å². The van der Waals surface area contributed by atoms with Crippen molar-refractivity contribution < 1.29 is 4.74 Å². The standard InChI is InChI=1S/C21H38N6O/c1-19(2,3)16-22-17(24-18(23-16)27-9-11-28-12-10-27)26(8)15-13-20(4,5)25-21(6,7)14-15/h15,25H,9-14H2,1-8H3. The summed E-state index contributed by atoms with van der Waals surface area (Å²) in [5, 5.41) is 3.77. The lowest BCUT2D eigenvalue weighted by molar-refractivity contribution is 0.122. The Labute approximate surface area is 170 Å². The van der Waals surface area contributed by atoms with Gasteiger partial charge in [-0.15, -0.1) is 0 Å². The van der Waals surface area contributed by atoms with Gasteiger partial charge in [0.15, 0.2) is 0 Å². The first-order valence-corrected chi connectivity index (χ1v) is 10.5. The van der Waals surface area contributed by atoms with E-state index in [9.17, 15) is 0 Å². The normalized spacial score (nSPS) is 22.9. The highest BCUT2D eigenvalue weighted by Crippen LogP contribution is 2.33. The third-order valence-electron chi connectivity index (χ3n) is 5.61. The van der Waals surface area contributed by atoms with Gasteiger partial charge >= 0.3 is 0 Å². The van der Waals surface area contributed by atoms with Crippen LogP contribution in [0.2, 0.25) is 0 Å². The van der Waals surface area contributed by atoms with Crippen LogP contribution in [-0.4, -0.2) is 65.4 Å². The van der Waals surface area contributed by atoms with E-state index in [1.807, 2.05) is 0 Å². The van der Waals surface area contributed by atoms with Crippen LogP contribution in [0.3, 0.4) is 0 Å². The summed E-state index contributed by atoms with van der Waals surface area (Å²) in [7, 11) is 2.13. The van der Waals surface area contributed by atoms with Crippen molar-refractivity contribution in [2.75, 3.05) is 43.2 Å². The molecule has 2 fully saturated rings. The predicted molar refractivity (Wildman–Crippen MR) is 114 cm³/mol. The molecule has 0 aromatic carbocycles. The van der Waals surface area contributed by atoms with Crippen molar-refractivity contribution in [3.8, 4) is 0 Å². The minimum absolute atomic E-state index is 0.0770. The van der Waals surface area contributed by atoms with Crippen molar-refractivity contribution in [1.29, 1.82) is 0 Å². The molecule has 7 heteroatoms. The SMILES string of the molecule is CN(c1nc(N2CCOCC2)nc(C(C)(C)C)n1)C1CC(C)(C)NC(C)(C)C1. The number of nitrogens with zero attached hydrogens (tertiary/aromatic N) is 5. The molecule has 7 nitrogen and oxygen atoms in total. The lowest BCUT2D eigenvalue weighted by Gasteiger charge is -2.49. The minimum Gasteiger partial charge on any atom is -0.378 e. The number of anilines is 2.